The summed E-state index contributed by atoms with van der Waals surface area (Å²) >= 11 is 0. The number of aromatic nitrogens is 2. The minimum absolute atomic E-state index is 0.334. The van der Waals surface area contributed by atoms with Crippen LogP contribution in [0.5, 0.6) is 0 Å². The van der Waals surface area contributed by atoms with Gasteiger partial charge in [-0.05, 0) is 30.8 Å². The zero-order chi connectivity index (χ0) is 13.0. The molecule has 0 amide bonds. The van der Waals surface area contributed by atoms with Crippen molar-refractivity contribution in [3.05, 3.63) is 53.4 Å². The highest BCUT2D eigenvalue weighted by atomic mass is 19.1. The normalized spacial score (nSPS) is 10.3. The number of nitriles is 1. The van der Waals surface area contributed by atoms with E-state index in [1.165, 1.54) is 18.2 Å². The Labute approximate surface area is 105 Å². The van der Waals surface area contributed by atoms with E-state index in [0.717, 1.165) is 5.69 Å². The van der Waals surface area contributed by atoms with Crippen molar-refractivity contribution in [2.75, 3.05) is 7.05 Å². The van der Waals surface area contributed by atoms with Crippen LogP contribution in [0.2, 0.25) is 0 Å². The topological polar surface area (TPSA) is 53.6 Å². The first-order valence-corrected chi connectivity index (χ1v) is 5.56. The van der Waals surface area contributed by atoms with Crippen LogP contribution in [0.4, 0.5) is 4.39 Å². The first kappa shape index (κ1) is 12.3. The number of hydrogen-bond donors (Lipinski definition) is 1. The summed E-state index contributed by atoms with van der Waals surface area (Å²) in [5.41, 5.74) is 2.05. The number of benzene rings is 1. The van der Waals surface area contributed by atoms with Crippen LogP contribution in [0.1, 0.15) is 16.8 Å². The first-order chi connectivity index (χ1) is 8.72. The molecular formula is C13H13FN4. The molecule has 1 N–H and O–H groups in total. The number of imidazole rings is 1. The second-order valence-electron chi connectivity index (χ2n) is 3.98. The van der Waals surface area contributed by atoms with Crippen LogP contribution in [0, 0.1) is 17.1 Å². The zero-order valence-electron chi connectivity index (χ0n) is 10.0. The largest absolute Gasteiger partial charge is 0.333 e. The van der Waals surface area contributed by atoms with E-state index in [2.05, 4.69) is 16.4 Å². The van der Waals surface area contributed by atoms with Gasteiger partial charge in [0.1, 0.15) is 5.82 Å². The maximum atomic E-state index is 13.2. The third kappa shape index (κ3) is 2.73. The third-order valence-electron chi connectivity index (χ3n) is 2.59. The molecule has 5 heteroatoms. The Morgan fingerprint density at radius 1 is 1.50 bits per heavy atom. The Balaban J connectivity index is 2.22. The third-order valence-corrected chi connectivity index (χ3v) is 2.59. The fourth-order valence-electron chi connectivity index (χ4n) is 1.76. The van der Waals surface area contributed by atoms with Crippen LogP contribution in [0.25, 0.3) is 0 Å². The molecule has 0 atom stereocenters. The molecule has 1 aromatic carbocycles. The van der Waals surface area contributed by atoms with Crippen molar-refractivity contribution in [2.24, 2.45) is 0 Å². The number of rotatable bonds is 4. The summed E-state index contributed by atoms with van der Waals surface area (Å²) in [5.74, 6) is -0.334. The molecule has 1 heterocycles. The molecule has 0 fully saturated rings. The van der Waals surface area contributed by atoms with Crippen LogP contribution < -0.4 is 5.32 Å². The van der Waals surface area contributed by atoms with Crippen LogP contribution in [-0.4, -0.2) is 16.6 Å². The van der Waals surface area contributed by atoms with E-state index in [1.807, 2.05) is 17.8 Å². The van der Waals surface area contributed by atoms with Gasteiger partial charge < -0.3 is 9.88 Å². The molecule has 2 rings (SSSR count). The standard InChI is InChI=1S/C13H13FN4/c1-16-6-13-8-18(9-17-13)7-11-4-12(14)3-2-10(11)5-15/h2-4,8-9,16H,6-7H2,1H3. The molecule has 2 aromatic rings. The van der Waals surface area contributed by atoms with Gasteiger partial charge in [0.05, 0.1) is 23.7 Å². The van der Waals surface area contributed by atoms with Gasteiger partial charge in [0.2, 0.25) is 0 Å². The van der Waals surface area contributed by atoms with Crippen molar-refractivity contribution in [2.45, 2.75) is 13.1 Å². The van der Waals surface area contributed by atoms with E-state index in [4.69, 9.17) is 5.26 Å². The lowest BCUT2D eigenvalue weighted by Gasteiger charge is -2.04. The second kappa shape index (κ2) is 5.43. The molecular weight excluding hydrogens is 231 g/mol. The van der Waals surface area contributed by atoms with E-state index < -0.39 is 0 Å². The SMILES string of the molecule is CNCc1cn(Cc2cc(F)ccc2C#N)cn1. The number of nitrogens with zero attached hydrogens (tertiary/aromatic N) is 3. The second-order valence-corrected chi connectivity index (χ2v) is 3.98. The predicted octanol–water partition coefficient (Wildman–Crippen LogP) is 1.66. The van der Waals surface area contributed by atoms with Crippen molar-refractivity contribution >= 4 is 0 Å². The number of hydrogen-bond acceptors (Lipinski definition) is 3. The van der Waals surface area contributed by atoms with Gasteiger partial charge in [0.15, 0.2) is 0 Å². The van der Waals surface area contributed by atoms with Crippen LogP contribution in [0.15, 0.2) is 30.7 Å². The van der Waals surface area contributed by atoms with Gasteiger partial charge in [-0.1, -0.05) is 0 Å². The summed E-state index contributed by atoms with van der Waals surface area (Å²) in [4.78, 5) is 4.20. The monoisotopic (exact) mass is 244 g/mol. The summed E-state index contributed by atoms with van der Waals surface area (Å²) in [5, 5.41) is 12.0. The minimum atomic E-state index is -0.334. The lowest BCUT2D eigenvalue weighted by molar-refractivity contribution is 0.623. The highest BCUT2D eigenvalue weighted by Crippen LogP contribution is 2.12. The Kier molecular flexibility index (Phi) is 3.70. The Morgan fingerprint density at radius 3 is 3.06 bits per heavy atom. The van der Waals surface area contributed by atoms with Gasteiger partial charge in [0, 0.05) is 19.3 Å². The molecule has 0 bridgehead atoms. The molecule has 4 nitrogen and oxygen atoms in total. The molecule has 0 aliphatic heterocycles. The van der Waals surface area contributed by atoms with Crippen molar-refractivity contribution in [3.63, 3.8) is 0 Å². The highest BCUT2D eigenvalue weighted by molar-refractivity contribution is 5.38. The molecule has 0 radical (unpaired) electrons. The Bertz CT molecular complexity index is 583. The van der Waals surface area contributed by atoms with Crippen LogP contribution in [-0.2, 0) is 13.1 Å². The van der Waals surface area contributed by atoms with Gasteiger partial charge in [-0.3, -0.25) is 0 Å². The van der Waals surface area contributed by atoms with Crippen molar-refractivity contribution in [3.8, 4) is 6.07 Å². The molecule has 0 aliphatic carbocycles. The van der Waals surface area contributed by atoms with E-state index in [-0.39, 0.29) is 5.82 Å². The molecule has 0 unspecified atom stereocenters. The zero-order valence-corrected chi connectivity index (χ0v) is 10.0. The fraction of sp³-hybridized carbons (Fsp3) is 0.231. The van der Waals surface area contributed by atoms with E-state index >= 15 is 0 Å². The minimum Gasteiger partial charge on any atom is -0.333 e. The van der Waals surface area contributed by atoms with Gasteiger partial charge in [-0.15, -0.1) is 0 Å². The average Bonchev–Trinajstić information content (AvgIpc) is 2.77. The van der Waals surface area contributed by atoms with Crippen molar-refractivity contribution in [1.82, 2.24) is 14.9 Å². The fourth-order valence-corrected chi connectivity index (χ4v) is 1.76. The van der Waals surface area contributed by atoms with Crippen molar-refractivity contribution < 1.29 is 4.39 Å². The van der Waals surface area contributed by atoms with Crippen LogP contribution >= 0.6 is 0 Å². The molecule has 18 heavy (non-hydrogen) atoms. The maximum Gasteiger partial charge on any atom is 0.123 e. The van der Waals surface area contributed by atoms with Crippen molar-refractivity contribution in [1.29, 1.82) is 5.26 Å². The van der Waals surface area contributed by atoms with Crippen LogP contribution in [0.3, 0.4) is 0 Å². The lowest BCUT2D eigenvalue weighted by Crippen LogP contribution is -2.05. The summed E-state index contributed by atoms with van der Waals surface area (Å²) in [6.07, 6.45) is 3.56. The number of halogens is 1. The molecule has 92 valence electrons. The quantitative estimate of drug-likeness (QED) is 0.890. The predicted molar refractivity (Wildman–Crippen MR) is 65.2 cm³/mol. The lowest BCUT2D eigenvalue weighted by atomic mass is 10.1. The maximum absolute atomic E-state index is 13.2. The Hall–Kier alpha value is -2.19. The summed E-state index contributed by atoms with van der Waals surface area (Å²) < 4.78 is 15.0. The summed E-state index contributed by atoms with van der Waals surface area (Å²) in [6, 6.07) is 6.24. The Morgan fingerprint density at radius 2 is 2.33 bits per heavy atom. The molecule has 1 aromatic heterocycles. The van der Waals surface area contributed by atoms with Gasteiger partial charge >= 0.3 is 0 Å². The van der Waals surface area contributed by atoms with Gasteiger partial charge in [-0.25, -0.2) is 9.37 Å². The van der Waals surface area contributed by atoms with E-state index in [1.54, 1.807) is 6.33 Å². The average molecular weight is 244 g/mol. The molecule has 0 saturated heterocycles. The van der Waals surface area contributed by atoms with E-state index in [0.29, 0.717) is 24.2 Å². The molecule has 0 saturated carbocycles. The summed E-state index contributed by atoms with van der Waals surface area (Å²) in [7, 11) is 1.85. The first-order valence-electron chi connectivity index (χ1n) is 5.56. The summed E-state index contributed by atoms with van der Waals surface area (Å²) in [6.45, 7) is 1.12. The molecule has 0 spiro atoms. The molecule has 0 aliphatic rings. The van der Waals surface area contributed by atoms with Gasteiger partial charge in [0.25, 0.3) is 0 Å². The van der Waals surface area contributed by atoms with E-state index in [9.17, 15) is 4.39 Å². The number of nitrogens with one attached hydrogen (secondary N) is 1. The highest BCUT2D eigenvalue weighted by Gasteiger charge is 2.05. The van der Waals surface area contributed by atoms with Gasteiger partial charge in [-0.2, -0.15) is 5.26 Å². The smallest absolute Gasteiger partial charge is 0.123 e.